The number of amides is 1. The number of anilines is 1. The largest absolute Gasteiger partial charge is 0.395 e. The zero-order chi connectivity index (χ0) is 12.3. The molecule has 0 aromatic carbocycles. The number of nitrogens with two attached hydrogens (primary N) is 1. The predicted octanol–water partition coefficient (Wildman–Crippen LogP) is 1.61. The molecule has 0 bridgehead atoms. The second kappa shape index (κ2) is 4.55. The minimum Gasteiger partial charge on any atom is -0.395 e. The Labute approximate surface area is 95.8 Å². The highest BCUT2D eigenvalue weighted by atomic mass is 16.2. The molecule has 16 heavy (non-hydrogen) atoms. The summed E-state index contributed by atoms with van der Waals surface area (Å²) in [5, 5.41) is 9.57. The molecule has 5 heteroatoms. The first-order valence-corrected chi connectivity index (χ1v) is 5.56. The van der Waals surface area contributed by atoms with E-state index in [0.717, 1.165) is 18.5 Å². The number of nitrogens with one attached hydrogen (secondary N) is 2. The maximum Gasteiger partial charge on any atom is 0.274 e. The summed E-state index contributed by atoms with van der Waals surface area (Å²) in [6.45, 7) is 7.89. The number of nitrogen functional groups attached to an aromatic ring is 1. The molecule has 0 fully saturated rings. The highest BCUT2D eigenvalue weighted by Gasteiger charge is 2.25. The molecular weight excluding hydrogens is 204 g/mol. The lowest BCUT2D eigenvalue weighted by Gasteiger charge is -2.27. The van der Waals surface area contributed by atoms with E-state index in [0.29, 0.717) is 5.69 Å². The lowest BCUT2D eigenvalue weighted by atomic mass is 9.95. The van der Waals surface area contributed by atoms with Gasteiger partial charge in [0.1, 0.15) is 0 Å². The van der Waals surface area contributed by atoms with E-state index < -0.39 is 0 Å². The molecule has 1 aromatic heterocycles. The fourth-order valence-corrected chi connectivity index (χ4v) is 1.37. The third kappa shape index (κ3) is 2.35. The average Bonchev–Trinajstić information content (AvgIpc) is 2.59. The number of aromatic nitrogens is 2. The summed E-state index contributed by atoms with van der Waals surface area (Å²) in [4.78, 5) is 11.9. The first-order chi connectivity index (χ1) is 7.43. The van der Waals surface area contributed by atoms with Crippen molar-refractivity contribution in [2.75, 3.05) is 5.73 Å². The first-order valence-electron chi connectivity index (χ1n) is 5.56. The van der Waals surface area contributed by atoms with Crippen molar-refractivity contribution in [3.8, 4) is 0 Å². The summed E-state index contributed by atoms with van der Waals surface area (Å²) in [6.07, 6.45) is 1.75. The predicted molar refractivity (Wildman–Crippen MR) is 64.2 cm³/mol. The van der Waals surface area contributed by atoms with Gasteiger partial charge in [-0.25, -0.2) is 0 Å². The van der Waals surface area contributed by atoms with Crippen LogP contribution in [-0.4, -0.2) is 21.6 Å². The van der Waals surface area contributed by atoms with E-state index in [-0.39, 0.29) is 17.1 Å². The number of nitrogens with zero attached hydrogens (tertiary/aromatic N) is 1. The quantitative estimate of drug-likeness (QED) is 0.726. The van der Waals surface area contributed by atoms with E-state index in [2.05, 4.69) is 15.5 Å². The van der Waals surface area contributed by atoms with Crippen LogP contribution < -0.4 is 11.1 Å². The van der Waals surface area contributed by atoms with Gasteiger partial charge in [0.05, 0.1) is 11.4 Å². The van der Waals surface area contributed by atoms with Gasteiger partial charge in [-0.1, -0.05) is 13.8 Å². The number of carbonyl (C=O) groups is 1. The molecular formula is C11H20N4O. The molecule has 0 aliphatic heterocycles. The summed E-state index contributed by atoms with van der Waals surface area (Å²) in [6, 6.07) is 0. The Bertz CT molecular complexity index is 379. The van der Waals surface area contributed by atoms with Gasteiger partial charge in [-0.3, -0.25) is 9.89 Å². The molecule has 0 atom stereocenters. The second-order valence-electron chi connectivity index (χ2n) is 4.33. The number of rotatable bonds is 4. The monoisotopic (exact) mass is 224 g/mol. The average molecular weight is 224 g/mol. The van der Waals surface area contributed by atoms with Crippen LogP contribution in [0.1, 0.15) is 49.8 Å². The third-order valence-corrected chi connectivity index (χ3v) is 3.19. The molecule has 1 rings (SSSR count). The van der Waals surface area contributed by atoms with Gasteiger partial charge in [0.15, 0.2) is 5.69 Å². The molecule has 0 aliphatic rings. The molecule has 5 nitrogen and oxygen atoms in total. The van der Waals surface area contributed by atoms with E-state index in [1.165, 1.54) is 0 Å². The Kier molecular flexibility index (Phi) is 3.57. The summed E-state index contributed by atoms with van der Waals surface area (Å²) in [5.41, 5.74) is 6.98. The minimum absolute atomic E-state index is 0.198. The van der Waals surface area contributed by atoms with Crippen molar-refractivity contribution in [1.82, 2.24) is 15.5 Å². The van der Waals surface area contributed by atoms with Crippen molar-refractivity contribution >= 4 is 11.6 Å². The highest BCUT2D eigenvalue weighted by Crippen LogP contribution is 2.17. The number of hydrogen-bond donors (Lipinski definition) is 3. The Balaban J connectivity index is 2.84. The van der Waals surface area contributed by atoms with Crippen LogP contribution in [0.15, 0.2) is 0 Å². The maximum absolute atomic E-state index is 11.9. The Hall–Kier alpha value is -1.52. The van der Waals surface area contributed by atoms with Crippen LogP contribution in [0.25, 0.3) is 0 Å². The fourth-order valence-electron chi connectivity index (χ4n) is 1.37. The van der Waals surface area contributed by atoms with Gasteiger partial charge in [-0.2, -0.15) is 5.10 Å². The van der Waals surface area contributed by atoms with E-state index >= 15 is 0 Å². The van der Waals surface area contributed by atoms with Crippen LogP contribution in [0.5, 0.6) is 0 Å². The lowest BCUT2D eigenvalue weighted by molar-refractivity contribution is 0.0897. The van der Waals surface area contributed by atoms with Crippen LogP contribution in [0.3, 0.4) is 0 Å². The Morgan fingerprint density at radius 1 is 1.50 bits per heavy atom. The normalized spacial score (nSPS) is 11.5. The SMILES string of the molecule is CCC(C)(CC)NC(=O)c1n[nH]c(C)c1N. The molecule has 0 aliphatic carbocycles. The fraction of sp³-hybridized carbons (Fsp3) is 0.636. The zero-order valence-electron chi connectivity index (χ0n) is 10.3. The number of aromatic amines is 1. The Morgan fingerprint density at radius 3 is 2.44 bits per heavy atom. The molecule has 0 saturated carbocycles. The van der Waals surface area contributed by atoms with E-state index in [4.69, 9.17) is 5.73 Å². The molecule has 0 spiro atoms. The first kappa shape index (κ1) is 12.5. The van der Waals surface area contributed by atoms with Crippen LogP contribution >= 0.6 is 0 Å². The van der Waals surface area contributed by atoms with Crippen molar-refractivity contribution in [3.63, 3.8) is 0 Å². The minimum atomic E-state index is -0.215. The van der Waals surface area contributed by atoms with Crippen LogP contribution in [-0.2, 0) is 0 Å². The molecule has 4 N–H and O–H groups in total. The highest BCUT2D eigenvalue weighted by molar-refractivity contribution is 5.97. The molecule has 0 saturated heterocycles. The van der Waals surface area contributed by atoms with E-state index in [9.17, 15) is 4.79 Å². The van der Waals surface area contributed by atoms with Crippen molar-refractivity contribution in [1.29, 1.82) is 0 Å². The number of H-pyrrole nitrogens is 1. The summed E-state index contributed by atoms with van der Waals surface area (Å²) < 4.78 is 0. The van der Waals surface area contributed by atoms with Gasteiger partial charge in [0.2, 0.25) is 0 Å². The van der Waals surface area contributed by atoms with Crippen LogP contribution in [0.4, 0.5) is 5.69 Å². The van der Waals surface area contributed by atoms with E-state index in [1.54, 1.807) is 6.92 Å². The van der Waals surface area contributed by atoms with Gasteiger partial charge in [-0.05, 0) is 26.7 Å². The van der Waals surface area contributed by atoms with Crippen molar-refractivity contribution in [2.24, 2.45) is 0 Å². The van der Waals surface area contributed by atoms with Gasteiger partial charge in [0.25, 0.3) is 5.91 Å². The third-order valence-electron chi connectivity index (χ3n) is 3.19. The van der Waals surface area contributed by atoms with Crippen molar-refractivity contribution in [2.45, 2.75) is 46.1 Å². The summed E-state index contributed by atoms with van der Waals surface area (Å²) >= 11 is 0. The van der Waals surface area contributed by atoms with E-state index in [1.807, 2.05) is 20.8 Å². The lowest BCUT2D eigenvalue weighted by Crippen LogP contribution is -2.45. The second-order valence-corrected chi connectivity index (χ2v) is 4.33. The van der Waals surface area contributed by atoms with Gasteiger partial charge in [-0.15, -0.1) is 0 Å². The number of carbonyl (C=O) groups excluding carboxylic acids is 1. The summed E-state index contributed by atoms with van der Waals surface area (Å²) in [7, 11) is 0. The van der Waals surface area contributed by atoms with Crippen LogP contribution in [0.2, 0.25) is 0 Å². The molecule has 1 amide bonds. The van der Waals surface area contributed by atoms with Gasteiger partial charge >= 0.3 is 0 Å². The molecule has 90 valence electrons. The van der Waals surface area contributed by atoms with Crippen LogP contribution in [0, 0.1) is 6.92 Å². The number of hydrogen-bond acceptors (Lipinski definition) is 3. The molecule has 1 heterocycles. The molecule has 0 unspecified atom stereocenters. The Morgan fingerprint density at radius 2 is 2.06 bits per heavy atom. The standard InChI is InChI=1S/C11H20N4O/c1-5-11(4,6-2)13-10(16)9-8(12)7(3)14-15-9/h5-6,12H2,1-4H3,(H,13,16)(H,14,15). The molecule has 0 radical (unpaired) electrons. The van der Waals surface area contributed by atoms with Gasteiger partial charge in [0, 0.05) is 5.54 Å². The summed E-state index contributed by atoms with van der Waals surface area (Å²) in [5.74, 6) is -0.215. The maximum atomic E-state index is 11.9. The zero-order valence-corrected chi connectivity index (χ0v) is 10.3. The smallest absolute Gasteiger partial charge is 0.274 e. The molecule has 1 aromatic rings. The topological polar surface area (TPSA) is 83.8 Å². The van der Waals surface area contributed by atoms with Crippen molar-refractivity contribution in [3.05, 3.63) is 11.4 Å². The van der Waals surface area contributed by atoms with Crippen molar-refractivity contribution < 1.29 is 4.79 Å². The number of aryl methyl sites for hydroxylation is 1. The van der Waals surface area contributed by atoms with Gasteiger partial charge < -0.3 is 11.1 Å².